The maximum atomic E-state index is 13.3. The van der Waals surface area contributed by atoms with Crippen LogP contribution in [0.15, 0.2) is 30.3 Å². The van der Waals surface area contributed by atoms with Crippen LogP contribution in [0.4, 0.5) is 8.78 Å². The average Bonchev–Trinajstić information content (AvgIpc) is 3.44. The summed E-state index contributed by atoms with van der Waals surface area (Å²) in [6, 6.07) is 9.79. The van der Waals surface area contributed by atoms with Crippen LogP contribution in [0, 0.1) is 6.92 Å². The number of aryl methyl sites for hydroxylation is 1. The molecule has 1 amide bonds. The van der Waals surface area contributed by atoms with Crippen LogP contribution in [0.1, 0.15) is 47.7 Å². The molecule has 1 aliphatic carbocycles. The van der Waals surface area contributed by atoms with E-state index in [2.05, 4.69) is 29.1 Å². The lowest BCUT2D eigenvalue weighted by Gasteiger charge is -2.35. The minimum absolute atomic E-state index is 0.107. The van der Waals surface area contributed by atoms with Gasteiger partial charge < -0.3 is 4.90 Å². The number of carbonyl (C=O) groups excluding carboxylic acids is 1. The highest BCUT2D eigenvalue weighted by Gasteiger charge is 2.30. The highest BCUT2D eigenvalue weighted by atomic mass is 19.3. The van der Waals surface area contributed by atoms with Crippen LogP contribution in [-0.2, 0) is 17.9 Å². The first kappa shape index (κ1) is 19.1. The van der Waals surface area contributed by atoms with Crippen molar-refractivity contribution in [3.8, 4) is 0 Å². The molecule has 0 bridgehead atoms. The van der Waals surface area contributed by atoms with E-state index in [0.29, 0.717) is 24.7 Å². The molecule has 0 radical (unpaired) electrons. The summed E-state index contributed by atoms with van der Waals surface area (Å²) >= 11 is 0. The molecule has 2 fully saturated rings. The van der Waals surface area contributed by atoms with E-state index in [1.807, 2.05) is 12.1 Å². The molecule has 1 saturated carbocycles. The summed E-state index contributed by atoms with van der Waals surface area (Å²) in [6.45, 7) is 5.67. The molecule has 28 heavy (non-hydrogen) atoms. The number of aromatic nitrogens is 2. The molecule has 0 spiro atoms. The first-order valence-corrected chi connectivity index (χ1v) is 9.91. The van der Waals surface area contributed by atoms with Gasteiger partial charge in [-0.3, -0.25) is 14.4 Å². The van der Waals surface area contributed by atoms with E-state index in [1.165, 1.54) is 21.9 Å². The molecular formula is C21H26F2N4O. The third-order valence-corrected chi connectivity index (χ3v) is 5.71. The Bertz CT molecular complexity index is 839. The van der Waals surface area contributed by atoms with Gasteiger partial charge in [0.1, 0.15) is 12.2 Å². The molecule has 2 aromatic rings. The van der Waals surface area contributed by atoms with Crippen LogP contribution in [0.2, 0.25) is 0 Å². The van der Waals surface area contributed by atoms with E-state index in [9.17, 15) is 13.6 Å². The second-order valence-electron chi connectivity index (χ2n) is 7.81. The van der Waals surface area contributed by atoms with E-state index >= 15 is 0 Å². The Hall–Kier alpha value is -2.28. The lowest BCUT2D eigenvalue weighted by Crippen LogP contribution is -2.49. The van der Waals surface area contributed by atoms with Gasteiger partial charge in [-0.2, -0.15) is 5.10 Å². The minimum Gasteiger partial charge on any atom is -0.339 e. The fourth-order valence-electron chi connectivity index (χ4n) is 3.74. The molecular weight excluding hydrogens is 362 g/mol. The van der Waals surface area contributed by atoms with E-state index in [1.54, 1.807) is 4.90 Å². The lowest BCUT2D eigenvalue weighted by atomic mass is 10.1. The van der Waals surface area contributed by atoms with Crippen LogP contribution < -0.4 is 0 Å². The summed E-state index contributed by atoms with van der Waals surface area (Å²) in [4.78, 5) is 16.8. The Balaban J connectivity index is 1.34. The highest BCUT2D eigenvalue weighted by Crippen LogP contribution is 2.40. The maximum Gasteiger partial charge on any atom is 0.280 e. The Morgan fingerprint density at radius 2 is 1.89 bits per heavy atom. The van der Waals surface area contributed by atoms with Gasteiger partial charge in [-0.1, -0.05) is 24.3 Å². The normalized spacial score (nSPS) is 18.1. The first-order valence-electron chi connectivity index (χ1n) is 9.91. The fourth-order valence-corrected chi connectivity index (χ4v) is 3.74. The molecule has 1 saturated heterocycles. The number of nitrogens with zero attached hydrogens (tertiary/aromatic N) is 4. The summed E-state index contributed by atoms with van der Waals surface area (Å²) in [5.74, 6) is 0.154. The summed E-state index contributed by atoms with van der Waals surface area (Å²) in [7, 11) is 0. The molecule has 1 aromatic carbocycles. The predicted octanol–water partition coefficient (Wildman–Crippen LogP) is 3.35. The van der Waals surface area contributed by atoms with E-state index in [4.69, 9.17) is 0 Å². The monoisotopic (exact) mass is 388 g/mol. The number of piperazine rings is 1. The lowest BCUT2D eigenvalue weighted by molar-refractivity contribution is -0.134. The molecule has 4 rings (SSSR count). The molecule has 150 valence electrons. The van der Waals surface area contributed by atoms with E-state index in [0.717, 1.165) is 32.5 Å². The van der Waals surface area contributed by atoms with E-state index in [-0.39, 0.29) is 18.1 Å². The summed E-state index contributed by atoms with van der Waals surface area (Å²) in [5, 5.41) is 4.29. The molecule has 1 aliphatic heterocycles. The van der Waals surface area contributed by atoms with Crippen molar-refractivity contribution in [1.82, 2.24) is 19.6 Å². The summed E-state index contributed by atoms with van der Waals surface area (Å²) in [5.41, 5.74) is 3.12. The number of alkyl halides is 2. The number of hydrogen-bond acceptors (Lipinski definition) is 3. The van der Waals surface area contributed by atoms with Crippen molar-refractivity contribution < 1.29 is 13.6 Å². The van der Waals surface area contributed by atoms with E-state index < -0.39 is 6.43 Å². The quantitative estimate of drug-likeness (QED) is 0.762. The third-order valence-electron chi connectivity index (χ3n) is 5.71. The van der Waals surface area contributed by atoms with Gasteiger partial charge >= 0.3 is 0 Å². The van der Waals surface area contributed by atoms with Gasteiger partial charge in [0.25, 0.3) is 6.43 Å². The Kier molecular flexibility index (Phi) is 5.44. The number of carbonyl (C=O) groups is 1. The molecule has 7 heteroatoms. The number of hydrogen-bond donors (Lipinski definition) is 0. The van der Waals surface area contributed by atoms with Crippen LogP contribution in [-0.4, -0.2) is 51.7 Å². The second kappa shape index (κ2) is 7.99. The number of halogens is 2. The van der Waals surface area contributed by atoms with Gasteiger partial charge in [-0.25, -0.2) is 8.78 Å². The zero-order valence-electron chi connectivity index (χ0n) is 16.2. The Labute approximate surface area is 163 Å². The topological polar surface area (TPSA) is 41.4 Å². The van der Waals surface area contributed by atoms with Crippen molar-refractivity contribution in [3.05, 3.63) is 52.8 Å². The van der Waals surface area contributed by atoms with Crippen LogP contribution >= 0.6 is 0 Å². The number of benzene rings is 1. The summed E-state index contributed by atoms with van der Waals surface area (Å²) in [6.07, 6.45) is -0.619. The number of amides is 1. The molecule has 2 heterocycles. The van der Waals surface area contributed by atoms with Gasteiger partial charge in [-0.05, 0) is 37.0 Å². The zero-order valence-corrected chi connectivity index (χ0v) is 16.2. The minimum atomic E-state index is -2.61. The largest absolute Gasteiger partial charge is 0.339 e. The van der Waals surface area contributed by atoms with Crippen LogP contribution in [0.5, 0.6) is 0 Å². The van der Waals surface area contributed by atoms with Crippen LogP contribution in [0.25, 0.3) is 0 Å². The van der Waals surface area contributed by atoms with Gasteiger partial charge in [0.15, 0.2) is 0 Å². The second-order valence-corrected chi connectivity index (χ2v) is 7.81. The van der Waals surface area contributed by atoms with Gasteiger partial charge in [0.05, 0.1) is 5.69 Å². The summed E-state index contributed by atoms with van der Waals surface area (Å²) < 4.78 is 27.8. The molecule has 0 unspecified atom stereocenters. The molecule has 0 atom stereocenters. The van der Waals surface area contributed by atoms with Crippen molar-refractivity contribution in [3.63, 3.8) is 0 Å². The Morgan fingerprint density at radius 1 is 1.18 bits per heavy atom. The predicted molar refractivity (Wildman–Crippen MR) is 102 cm³/mol. The standard InChI is InChI=1S/C21H26F2N4O/c1-15-4-2-3-5-17(15)13-25-8-10-26(11-9-25)20(28)14-27-19(21(22)23)12-18(24-27)16-6-7-16/h2-5,12,16,21H,6-11,13-14H2,1H3. The number of rotatable bonds is 6. The van der Waals surface area contributed by atoms with Crippen LogP contribution in [0.3, 0.4) is 0 Å². The average molecular weight is 388 g/mol. The molecule has 2 aliphatic rings. The van der Waals surface area contributed by atoms with Crippen molar-refractivity contribution in [2.45, 2.75) is 45.2 Å². The van der Waals surface area contributed by atoms with Crippen molar-refractivity contribution in [2.24, 2.45) is 0 Å². The zero-order chi connectivity index (χ0) is 19.7. The third kappa shape index (κ3) is 4.24. The Morgan fingerprint density at radius 3 is 2.54 bits per heavy atom. The maximum absolute atomic E-state index is 13.3. The first-order chi connectivity index (χ1) is 13.5. The van der Waals surface area contributed by atoms with Gasteiger partial charge in [0.2, 0.25) is 5.91 Å². The fraction of sp³-hybridized carbons (Fsp3) is 0.524. The molecule has 5 nitrogen and oxygen atoms in total. The van der Waals surface area contributed by atoms with Gasteiger partial charge in [0, 0.05) is 38.6 Å². The smallest absolute Gasteiger partial charge is 0.280 e. The molecule has 0 N–H and O–H groups in total. The van der Waals surface area contributed by atoms with Crippen molar-refractivity contribution in [2.75, 3.05) is 26.2 Å². The highest BCUT2D eigenvalue weighted by molar-refractivity contribution is 5.76. The SMILES string of the molecule is Cc1ccccc1CN1CCN(C(=O)Cn2nc(C3CC3)cc2C(F)F)CC1. The van der Waals surface area contributed by atoms with Crippen molar-refractivity contribution in [1.29, 1.82) is 0 Å². The van der Waals surface area contributed by atoms with Gasteiger partial charge in [-0.15, -0.1) is 0 Å². The molecule has 1 aromatic heterocycles. The van der Waals surface area contributed by atoms with Crippen molar-refractivity contribution >= 4 is 5.91 Å².